The molecular weight excluding hydrogens is 611 g/mol. The van der Waals surface area contributed by atoms with Crippen LogP contribution in [0.4, 0.5) is 5.69 Å². The SMILES string of the molecule is CCc1ccc(N(CC(=O)N(Cc2cccc(OC)c2)[C@@H](Cc2ccccc2)C(=O)NC2CCCC2)S(=O)(=O)c2ccccc2)cc1. The van der Waals surface area contributed by atoms with Crippen LogP contribution in [-0.2, 0) is 39.0 Å². The number of rotatable bonds is 14. The number of sulfonamides is 1. The highest BCUT2D eigenvalue weighted by Crippen LogP contribution is 2.26. The number of hydrogen-bond acceptors (Lipinski definition) is 5. The Labute approximate surface area is 278 Å². The molecule has 246 valence electrons. The summed E-state index contributed by atoms with van der Waals surface area (Å²) in [4.78, 5) is 30.4. The summed E-state index contributed by atoms with van der Waals surface area (Å²) in [7, 11) is -2.57. The molecule has 4 aromatic carbocycles. The molecule has 47 heavy (non-hydrogen) atoms. The Balaban J connectivity index is 1.57. The molecule has 1 aliphatic carbocycles. The number of nitrogens with one attached hydrogen (secondary N) is 1. The summed E-state index contributed by atoms with van der Waals surface area (Å²) in [6.07, 6.45) is 4.94. The molecule has 4 aromatic rings. The van der Waals surface area contributed by atoms with Gasteiger partial charge in [0.25, 0.3) is 10.0 Å². The van der Waals surface area contributed by atoms with Crippen molar-refractivity contribution in [2.75, 3.05) is 18.0 Å². The average molecular weight is 654 g/mol. The predicted molar refractivity (Wildman–Crippen MR) is 185 cm³/mol. The predicted octanol–water partition coefficient (Wildman–Crippen LogP) is 6.15. The van der Waals surface area contributed by atoms with Crippen LogP contribution in [0.25, 0.3) is 0 Å². The van der Waals surface area contributed by atoms with Crippen molar-refractivity contribution < 1.29 is 22.7 Å². The molecule has 1 atom stereocenters. The van der Waals surface area contributed by atoms with Crippen molar-refractivity contribution in [2.45, 2.75) is 69.0 Å². The Morgan fingerprint density at radius 3 is 2.11 bits per heavy atom. The smallest absolute Gasteiger partial charge is 0.264 e. The fraction of sp³-hybridized carbons (Fsp3) is 0.316. The number of aryl methyl sites for hydroxylation is 1. The Morgan fingerprint density at radius 2 is 1.47 bits per heavy atom. The summed E-state index contributed by atoms with van der Waals surface area (Å²) in [5.74, 6) is -0.120. The van der Waals surface area contributed by atoms with E-state index in [-0.39, 0.29) is 29.8 Å². The fourth-order valence-corrected chi connectivity index (χ4v) is 7.47. The highest BCUT2D eigenvalue weighted by molar-refractivity contribution is 7.92. The van der Waals surface area contributed by atoms with Crippen LogP contribution in [0.3, 0.4) is 0 Å². The number of amides is 2. The van der Waals surface area contributed by atoms with Crippen LogP contribution in [0.15, 0.2) is 114 Å². The molecule has 0 saturated heterocycles. The Hall–Kier alpha value is -4.63. The number of anilines is 1. The second kappa shape index (κ2) is 15.8. The maximum absolute atomic E-state index is 14.7. The highest BCUT2D eigenvalue weighted by Gasteiger charge is 2.35. The van der Waals surface area contributed by atoms with Gasteiger partial charge in [0.1, 0.15) is 18.3 Å². The molecule has 0 spiro atoms. The molecule has 1 N–H and O–H groups in total. The zero-order valence-electron chi connectivity index (χ0n) is 27.0. The number of carbonyl (C=O) groups is 2. The maximum Gasteiger partial charge on any atom is 0.264 e. The molecule has 9 heteroatoms. The monoisotopic (exact) mass is 653 g/mol. The van der Waals surface area contributed by atoms with Gasteiger partial charge < -0.3 is 15.0 Å². The fourth-order valence-electron chi connectivity index (χ4n) is 6.04. The van der Waals surface area contributed by atoms with E-state index in [0.29, 0.717) is 11.4 Å². The molecule has 0 heterocycles. The minimum atomic E-state index is -4.14. The third-order valence-electron chi connectivity index (χ3n) is 8.70. The van der Waals surface area contributed by atoms with Gasteiger partial charge in [-0.05, 0) is 72.4 Å². The van der Waals surface area contributed by atoms with Crippen LogP contribution >= 0.6 is 0 Å². The maximum atomic E-state index is 14.7. The lowest BCUT2D eigenvalue weighted by Gasteiger charge is -2.34. The van der Waals surface area contributed by atoms with E-state index in [1.54, 1.807) is 37.4 Å². The zero-order chi connectivity index (χ0) is 33.2. The van der Waals surface area contributed by atoms with Crippen molar-refractivity contribution in [1.29, 1.82) is 0 Å². The van der Waals surface area contributed by atoms with Crippen molar-refractivity contribution in [1.82, 2.24) is 10.2 Å². The van der Waals surface area contributed by atoms with Crippen LogP contribution in [0.2, 0.25) is 0 Å². The molecule has 0 unspecified atom stereocenters. The van der Waals surface area contributed by atoms with E-state index in [1.165, 1.54) is 17.0 Å². The van der Waals surface area contributed by atoms with Gasteiger partial charge in [0, 0.05) is 19.0 Å². The highest BCUT2D eigenvalue weighted by atomic mass is 32.2. The lowest BCUT2D eigenvalue weighted by molar-refractivity contribution is -0.140. The van der Waals surface area contributed by atoms with E-state index >= 15 is 0 Å². The topological polar surface area (TPSA) is 96.0 Å². The van der Waals surface area contributed by atoms with Gasteiger partial charge in [-0.1, -0.05) is 92.6 Å². The van der Waals surface area contributed by atoms with E-state index in [4.69, 9.17) is 4.74 Å². The molecule has 1 fully saturated rings. The van der Waals surface area contributed by atoms with Crippen molar-refractivity contribution in [3.8, 4) is 5.75 Å². The number of ether oxygens (including phenoxy) is 1. The summed E-state index contributed by atoms with van der Waals surface area (Å²) in [6, 6.07) is 31.4. The number of methoxy groups -OCH3 is 1. The lowest BCUT2D eigenvalue weighted by atomic mass is 10.0. The van der Waals surface area contributed by atoms with Gasteiger partial charge in [-0.3, -0.25) is 13.9 Å². The van der Waals surface area contributed by atoms with Gasteiger partial charge in [-0.25, -0.2) is 8.42 Å². The van der Waals surface area contributed by atoms with Gasteiger partial charge >= 0.3 is 0 Å². The lowest BCUT2D eigenvalue weighted by Crippen LogP contribution is -2.54. The Bertz CT molecular complexity index is 1720. The summed E-state index contributed by atoms with van der Waals surface area (Å²) < 4.78 is 34.9. The Kier molecular flexibility index (Phi) is 11.3. The molecule has 1 saturated carbocycles. The molecule has 0 aromatic heterocycles. The van der Waals surface area contributed by atoms with Crippen molar-refractivity contribution in [3.63, 3.8) is 0 Å². The molecular formula is C38H43N3O5S. The zero-order valence-corrected chi connectivity index (χ0v) is 27.9. The summed E-state index contributed by atoms with van der Waals surface area (Å²) in [5.41, 5.74) is 3.07. The van der Waals surface area contributed by atoms with E-state index in [0.717, 1.165) is 53.1 Å². The summed E-state index contributed by atoms with van der Waals surface area (Å²) >= 11 is 0. The van der Waals surface area contributed by atoms with Gasteiger partial charge in [0.15, 0.2) is 0 Å². The molecule has 0 aliphatic heterocycles. The van der Waals surface area contributed by atoms with E-state index in [1.807, 2.05) is 73.7 Å². The molecule has 5 rings (SSSR count). The molecule has 0 radical (unpaired) electrons. The summed E-state index contributed by atoms with van der Waals surface area (Å²) in [6.45, 7) is 1.62. The van der Waals surface area contributed by atoms with Crippen LogP contribution in [0.5, 0.6) is 5.75 Å². The van der Waals surface area contributed by atoms with Gasteiger partial charge in [0.2, 0.25) is 11.8 Å². The largest absolute Gasteiger partial charge is 0.497 e. The van der Waals surface area contributed by atoms with Crippen molar-refractivity contribution in [3.05, 3.63) is 126 Å². The van der Waals surface area contributed by atoms with Crippen LogP contribution < -0.4 is 14.4 Å². The number of carbonyl (C=O) groups excluding carboxylic acids is 2. The van der Waals surface area contributed by atoms with E-state index in [9.17, 15) is 18.0 Å². The van der Waals surface area contributed by atoms with Crippen LogP contribution in [0.1, 0.15) is 49.3 Å². The van der Waals surface area contributed by atoms with Gasteiger partial charge in [-0.2, -0.15) is 0 Å². The normalized spacial score (nSPS) is 13.9. The molecule has 2 amide bonds. The van der Waals surface area contributed by atoms with E-state index in [2.05, 4.69) is 5.32 Å². The quantitative estimate of drug-likeness (QED) is 0.176. The average Bonchev–Trinajstić information content (AvgIpc) is 3.62. The van der Waals surface area contributed by atoms with Crippen molar-refractivity contribution >= 4 is 27.5 Å². The number of hydrogen-bond donors (Lipinski definition) is 1. The first-order valence-corrected chi connectivity index (χ1v) is 17.7. The molecule has 8 nitrogen and oxygen atoms in total. The van der Waals surface area contributed by atoms with Gasteiger partial charge in [-0.15, -0.1) is 0 Å². The molecule has 1 aliphatic rings. The summed E-state index contributed by atoms with van der Waals surface area (Å²) in [5, 5.41) is 3.21. The first-order valence-electron chi connectivity index (χ1n) is 16.2. The third kappa shape index (κ3) is 8.60. The number of benzene rings is 4. The second-order valence-corrected chi connectivity index (χ2v) is 13.8. The van der Waals surface area contributed by atoms with Crippen LogP contribution in [0, 0.1) is 0 Å². The standard InChI is InChI=1S/C38H43N3O5S/c1-3-29-21-23-33(24-22-29)41(47(44,45)35-19-8-5-9-20-35)28-37(42)40(27-31-15-12-18-34(25-31)46-2)36(26-30-13-6-4-7-14-30)38(43)39-32-16-10-11-17-32/h4-9,12-15,18-25,32,36H,3,10-11,16-17,26-28H2,1-2H3,(H,39,43)/t36-/m0/s1. The minimum Gasteiger partial charge on any atom is -0.497 e. The first-order chi connectivity index (χ1) is 22.8. The number of nitrogens with zero attached hydrogens (tertiary/aromatic N) is 2. The first kappa shape index (κ1) is 33.7. The van der Waals surface area contributed by atoms with E-state index < -0.39 is 28.5 Å². The molecule has 0 bridgehead atoms. The Morgan fingerprint density at radius 1 is 0.830 bits per heavy atom. The third-order valence-corrected chi connectivity index (χ3v) is 10.5. The second-order valence-electron chi connectivity index (χ2n) is 11.9. The minimum absolute atomic E-state index is 0.0431. The van der Waals surface area contributed by atoms with Crippen LogP contribution in [-0.4, -0.2) is 50.9 Å². The van der Waals surface area contributed by atoms with Gasteiger partial charge in [0.05, 0.1) is 17.7 Å². The van der Waals surface area contributed by atoms with Crippen molar-refractivity contribution in [2.24, 2.45) is 0 Å².